The predicted octanol–water partition coefficient (Wildman–Crippen LogP) is 3.86. The molecule has 1 fully saturated rings. The lowest BCUT2D eigenvalue weighted by atomic mass is 9.87. The number of nitrogens with one attached hydrogen (secondary N) is 1. The van der Waals surface area contributed by atoms with Gasteiger partial charge in [-0.15, -0.1) is 0 Å². The van der Waals surface area contributed by atoms with Gasteiger partial charge in [-0.3, -0.25) is 9.69 Å². The lowest BCUT2D eigenvalue weighted by Gasteiger charge is -2.41. The highest BCUT2D eigenvalue weighted by molar-refractivity contribution is 5.81. The van der Waals surface area contributed by atoms with E-state index < -0.39 is 0 Å². The highest BCUT2D eigenvalue weighted by Gasteiger charge is 2.36. The van der Waals surface area contributed by atoms with E-state index in [2.05, 4.69) is 10.2 Å². The van der Waals surface area contributed by atoms with Crippen molar-refractivity contribution in [1.29, 1.82) is 0 Å². The van der Waals surface area contributed by atoms with Gasteiger partial charge in [0.05, 0.1) is 20.3 Å². The monoisotopic (exact) mass is 412 g/mol. The first-order chi connectivity index (χ1) is 14.5. The first-order valence-corrected chi connectivity index (χ1v) is 10.5. The highest BCUT2D eigenvalue weighted by Crippen LogP contribution is 2.40. The van der Waals surface area contributed by atoms with Crippen LogP contribution in [0.25, 0.3) is 0 Å². The summed E-state index contributed by atoms with van der Waals surface area (Å²) < 4.78 is 25.4. The maximum Gasteiger partial charge on any atom is 0.223 e. The summed E-state index contributed by atoms with van der Waals surface area (Å²) in [5, 5.41) is 3.20. The van der Waals surface area contributed by atoms with E-state index in [0.29, 0.717) is 23.6 Å². The van der Waals surface area contributed by atoms with Crippen molar-refractivity contribution >= 4 is 5.91 Å². The Bertz CT molecular complexity index is 929. The molecule has 2 aromatic rings. The minimum atomic E-state index is -0.205. The normalized spacial score (nSPS) is 19.7. The smallest absolute Gasteiger partial charge is 0.223 e. The molecule has 1 aliphatic heterocycles. The molecule has 5 nitrogen and oxygen atoms in total. The lowest BCUT2D eigenvalue weighted by Crippen LogP contribution is -2.47. The van der Waals surface area contributed by atoms with Crippen LogP contribution in [-0.2, 0) is 17.8 Å². The van der Waals surface area contributed by atoms with E-state index in [1.165, 1.54) is 11.6 Å². The highest BCUT2D eigenvalue weighted by atomic mass is 19.1. The number of ether oxygens (including phenoxy) is 2. The molecule has 0 saturated heterocycles. The Morgan fingerprint density at radius 2 is 1.90 bits per heavy atom. The summed E-state index contributed by atoms with van der Waals surface area (Å²) in [5.41, 5.74) is 2.93. The summed E-state index contributed by atoms with van der Waals surface area (Å²) in [7, 11) is 3.25. The van der Waals surface area contributed by atoms with Crippen LogP contribution >= 0.6 is 0 Å². The van der Waals surface area contributed by atoms with Gasteiger partial charge < -0.3 is 14.8 Å². The van der Waals surface area contributed by atoms with Crippen molar-refractivity contribution < 1.29 is 18.7 Å². The van der Waals surface area contributed by atoms with E-state index in [9.17, 15) is 9.18 Å². The number of carbonyl (C=O) groups excluding carboxylic acids is 1. The van der Waals surface area contributed by atoms with Gasteiger partial charge in [-0.05, 0) is 55.5 Å². The van der Waals surface area contributed by atoms with Gasteiger partial charge in [0, 0.05) is 30.6 Å². The summed E-state index contributed by atoms with van der Waals surface area (Å²) in [5.74, 6) is 1.41. The fourth-order valence-electron chi connectivity index (χ4n) is 4.40. The molecule has 1 saturated carbocycles. The number of hydrogen-bond donors (Lipinski definition) is 1. The van der Waals surface area contributed by atoms with Crippen LogP contribution in [0.5, 0.6) is 11.5 Å². The number of amides is 1. The Kier molecular flexibility index (Phi) is 5.95. The van der Waals surface area contributed by atoms with Gasteiger partial charge in [-0.1, -0.05) is 18.2 Å². The summed E-state index contributed by atoms with van der Waals surface area (Å²) in [4.78, 5) is 14.7. The quantitative estimate of drug-likeness (QED) is 0.750. The molecule has 0 aromatic heterocycles. The molecule has 2 atom stereocenters. The molecule has 2 aromatic carbocycles. The third-order valence-electron chi connectivity index (χ3n) is 6.15. The predicted molar refractivity (Wildman–Crippen MR) is 113 cm³/mol. The Labute approximate surface area is 177 Å². The summed E-state index contributed by atoms with van der Waals surface area (Å²) >= 11 is 0. The number of rotatable bonds is 7. The zero-order valence-electron chi connectivity index (χ0n) is 17.8. The maximum absolute atomic E-state index is 14.4. The van der Waals surface area contributed by atoms with Gasteiger partial charge in [-0.2, -0.15) is 0 Å². The van der Waals surface area contributed by atoms with Crippen LogP contribution in [0.2, 0.25) is 0 Å². The molecule has 1 heterocycles. The Balaban J connectivity index is 1.69. The average Bonchev–Trinajstić information content (AvgIpc) is 3.59. The average molecular weight is 413 g/mol. The molecule has 30 heavy (non-hydrogen) atoms. The van der Waals surface area contributed by atoms with Crippen LogP contribution in [0.3, 0.4) is 0 Å². The number of fused-ring (bicyclic) bond motifs is 1. The second-order valence-electron chi connectivity index (χ2n) is 8.23. The topological polar surface area (TPSA) is 50.8 Å². The number of benzene rings is 2. The van der Waals surface area contributed by atoms with Crippen LogP contribution in [0, 0.1) is 11.7 Å². The minimum Gasteiger partial charge on any atom is -0.493 e. The van der Waals surface area contributed by atoms with E-state index >= 15 is 0 Å². The first-order valence-electron chi connectivity index (χ1n) is 10.5. The van der Waals surface area contributed by atoms with Crippen molar-refractivity contribution in [1.82, 2.24) is 10.2 Å². The molecule has 0 radical (unpaired) electrons. The minimum absolute atomic E-state index is 0.0872. The number of halogens is 1. The third kappa shape index (κ3) is 4.15. The number of hydrogen-bond acceptors (Lipinski definition) is 4. The Hall–Kier alpha value is -2.60. The molecule has 2 aliphatic rings. The van der Waals surface area contributed by atoms with Gasteiger partial charge in [-0.25, -0.2) is 4.39 Å². The fraction of sp³-hybridized carbons (Fsp3) is 0.458. The van der Waals surface area contributed by atoms with E-state index in [1.807, 2.05) is 31.2 Å². The van der Waals surface area contributed by atoms with Crippen molar-refractivity contribution in [2.45, 2.75) is 44.8 Å². The summed E-state index contributed by atoms with van der Waals surface area (Å²) in [6.45, 7) is 3.28. The number of nitrogens with zero attached hydrogens (tertiary/aromatic N) is 1. The molecular weight excluding hydrogens is 383 g/mol. The molecule has 6 heteroatoms. The molecule has 0 bridgehead atoms. The van der Waals surface area contributed by atoms with Crippen molar-refractivity contribution in [2.75, 3.05) is 20.8 Å². The van der Waals surface area contributed by atoms with Crippen molar-refractivity contribution in [3.8, 4) is 11.5 Å². The molecule has 4 rings (SSSR count). The largest absolute Gasteiger partial charge is 0.493 e. The van der Waals surface area contributed by atoms with E-state index in [1.54, 1.807) is 20.3 Å². The molecule has 1 amide bonds. The van der Waals surface area contributed by atoms with Gasteiger partial charge in [0.15, 0.2) is 11.5 Å². The first kappa shape index (κ1) is 20.7. The molecule has 0 spiro atoms. The Morgan fingerprint density at radius 1 is 1.20 bits per heavy atom. The van der Waals surface area contributed by atoms with Gasteiger partial charge in [0.25, 0.3) is 0 Å². The zero-order valence-corrected chi connectivity index (χ0v) is 17.8. The molecule has 1 N–H and O–H groups in total. The third-order valence-corrected chi connectivity index (χ3v) is 6.15. The molecule has 160 valence electrons. The van der Waals surface area contributed by atoms with Crippen LogP contribution in [0.1, 0.15) is 42.5 Å². The van der Waals surface area contributed by atoms with Gasteiger partial charge in [0.1, 0.15) is 5.82 Å². The van der Waals surface area contributed by atoms with E-state index in [4.69, 9.17) is 9.47 Å². The van der Waals surface area contributed by atoms with Crippen molar-refractivity contribution in [3.63, 3.8) is 0 Å². The summed E-state index contributed by atoms with van der Waals surface area (Å²) in [6, 6.07) is 10.7. The van der Waals surface area contributed by atoms with Crippen molar-refractivity contribution in [2.24, 2.45) is 5.92 Å². The summed E-state index contributed by atoms with van der Waals surface area (Å²) in [6.07, 6.45) is 2.75. The Morgan fingerprint density at radius 3 is 2.57 bits per heavy atom. The second kappa shape index (κ2) is 8.64. The molecule has 0 unspecified atom stereocenters. The van der Waals surface area contributed by atoms with Crippen LogP contribution in [-0.4, -0.2) is 37.6 Å². The fourth-order valence-corrected chi connectivity index (χ4v) is 4.40. The van der Waals surface area contributed by atoms with E-state index in [0.717, 1.165) is 31.4 Å². The van der Waals surface area contributed by atoms with E-state index in [-0.39, 0.29) is 29.7 Å². The molecular formula is C24H29FN2O3. The van der Waals surface area contributed by atoms with Crippen LogP contribution < -0.4 is 14.8 Å². The number of carbonyl (C=O) groups is 1. The zero-order chi connectivity index (χ0) is 21.3. The lowest BCUT2D eigenvalue weighted by molar-refractivity contribution is -0.123. The maximum atomic E-state index is 14.4. The van der Waals surface area contributed by atoms with Gasteiger partial charge in [0.2, 0.25) is 5.91 Å². The second-order valence-corrected chi connectivity index (χ2v) is 8.23. The van der Waals surface area contributed by atoms with Crippen LogP contribution in [0.15, 0.2) is 36.4 Å². The standard InChI is InChI=1S/C24H29FN2O3/c1-15(26-24(28)16-8-9-16)23-19-13-22(30-3)21(29-2)12-17(19)10-11-27(23)14-18-6-4-5-7-20(18)25/h4-7,12-13,15-16,23H,8-11,14H2,1-3H3,(H,26,28)/t15-,23-/m0/s1. The van der Waals surface area contributed by atoms with Crippen molar-refractivity contribution in [3.05, 3.63) is 58.9 Å². The number of methoxy groups -OCH3 is 2. The van der Waals surface area contributed by atoms with Gasteiger partial charge >= 0.3 is 0 Å². The van der Waals surface area contributed by atoms with Crippen LogP contribution in [0.4, 0.5) is 4.39 Å². The SMILES string of the molecule is COc1cc2c(cc1OC)[C@H]([C@H](C)NC(=O)C1CC1)N(Cc1ccccc1F)CC2. The molecule has 1 aliphatic carbocycles.